The molecule has 0 amide bonds. The number of guanidine groups is 1. The van der Waals surface area contributed by atoms with Crippen molar-refractivity contribution in [1.82, 2.24) is 15.1 Å². The first-order valence-electron chi connectivity index (χ1n) is 9.20. The van der Waals surface area contributed by atoms with Crippen molar-refractivity contribution in [1.29, 1.82) is 0 Å². The fraction of sp³-hybridized carbons (Fsp3) is 0.889. The molecule has 25 heavy (non-hydrogen) atoms. The predicted molar refractivity (Wildman–Crippen MR) is 112 cm³/mol. The lowest BCUT2D eigenvalue weighted by Crippen LogP contribution is -2.46. The molecule has 0 radical (unpaired) electrons. The Morgan fingerprint density at radius 1 is 1.16 bits per heavy atom. The summed E-state index contributed by atoms with van der Waals surface area (Å²) in [6.45, 7) is 12.6. The lowest BCUT2D eigenvalue weighted by Gasteiger charge is -2.35. The van der Waals surface area contributed by atoms with Crippen LogP contribution in [0.2, 0.25) is 0 Å². The fourth-order valence-electron chi connectivity index (χ4n) is 4.23. The second-order valence-electron chi connectivity index (χ2n) is 7.69. The Morgan fingerprint density at radius 2 is 1.80 bits per heavy atom. The quantitative estimate of drug-likeness (QED) is 0.297. The third-order valence-corrected chi connectivity index (χ3v) is 5.28. The summed E-state index contributed by atoms with van der Waals surface area (Å²) < 4.78 is 4.91. The van der Waals surface area contributed by atoms with Gasteiger partial charge in [-0.3, -0.25) is 9.79 Å². The van der Waals surface area contributed by atoms with Crippen LogP contribution in [0.25, 0.3) is 0 Å². The van der Waals surface area contributed by atoms with Gasteiger partial charge in [0.15, 0.2) is 5.96 Å². The van der Waals surface area contributed by atoms with Gasteiger partial charge in [0.1, 0.15) is 0 Å². The highest BCUT2D eigenvalue weighted by atomic mass is 127. The zero-order valence-electron chi connectivity index (χ0n) is 16.3. The van der Waals surface area contributed by atoms with Crippen LogP contribution < -0.4 is 5.32 Å². The molecule has 0 aliphatic carbocycles. The highest BCUT2D eigenvalue weighted by Crippen LogP contribution is 2.24. The number of methoxy groups -OCH3 is 1. The van der Waals surface area contributed by atoms with Gasteiger partial charge in [-0.1, -0.05) is 20.8 Å². The molecule has 0 aromatic carbocycles. The number of likely N-dealkylation sites (tertiary alicyclic amines) is 2. The summed E-state index contributed by atoms with van der Waals surface area (Å²) in [5.74, 6) is 2.59. The lowest BCUT2D eigenvalue weighted by molar-refractivity contribution is -0.145. The topological polar surface area (TPSA) is 57.2 Å². The molecule has 2 aliphatic rings. The smallest absolute Gasteiger partial charge is 0.310 e. The molecule has 0 bridgehead atoms. The van der Waals surface area contributed by atoms with Crippen molar-refractivity contribution >= 4 is 35.9 Å². The van der Waals surface area contributed by atoms with E-state index in [0.29, 0.717) is 12.5 Å². The number of carbonyl (C=O) groups excluding carboxylic acids is 1. The van der Waals surface area contributed by atoms with E-state index in [1.807, 2.05) is 7.05 Å². The molecule has 6 nitrogen and oxygen atoms in total. The van der Waals surface area contributed by atoms with E-state index in [9.17, 15) is 4.79 Å². The molecule has 0 spiro atoms. The third-order valence-electron chi connectivity index (χ3n) is 5.28. The highest BCUT2D eigenvalue weighted by Gasteiger charge is 2.36. The molecule has 0 saturated carbocycles. The van der Waals surface area contributed by atoms with Gasteiger partial charge in [-0.25, -0.2) is 0 Å². The first-order chi connectivity index (χ1) is 11.4. The van der Waals surface area contributed by atoms with Gasteiger partial charge in [0.2, 0.25) is 0 Å². The van der Waals surface area contributed by atoms with Gasteiger partial charge in [-0.15, -0.1) is 24.0 Å². The average Bonchev–Trinajstić information content (AvgIpc) is 2.91. The number of esters is 1. The Hall–Kier alpha value is -0.570. The molecule has 146 valence electrons. The Morgan fingerprint density at radius 3 is 2.36 bits per heavy atom. The number of aliphatic imine (C=N–C) groups is 1. The van der Waals surface area contributed by atoms with Crippen LogP contribution in [0.5, 0.6) is 0 Å². The van der Waals surface area contributed by atoms with Crippen molar-refractivity contribution < 1.29 is 9.53 Å². The number of nitrogens with one attached hydrogen (secondary N) is 1. The second kappa shape index (κ2) is 10.5. The Kier molecular flexibility index (Phi) is 9.48. The van der Waals surface area contributed by atoms with Crippen LogP contribution in [-0.4, -0.2) is 75.2 Å². The zero-order valence-corrected chi connectivity index (χ0v) is 18.7. The second-order valence-corrected chi connectivity index (χ2v) is 7.69. The zero-order chi connectivity index (χ0) is 17.7. The normalized spacial score (nSPS) is 30.8. The standard InChI is InChI=1S/C18H34N4O2.HI/c1-13-8-14(2)10-21(9-13)7-6-20-18(19-4)22-11-15(3)16(12-22)17(23)24-5;/h13-16H,6-12H2,1-5H3,(H,19,20);1H. The fourth-order valence-corrected chi connectivity index (χ4v) is 4.23. The van der Waals surface area contributed by atoms with E-state index >= 15 is 0 Å². The maximum Gasteiger partial charge on any atom is 0.310 e. The van der Waals surface area contributed by atoms with Crippen molar-refractivity contribution in [2.75, 3.05) is 53.4 Å². The third kappa shape index (κ3) is 6.27. The Labute approximate surface area is 169 Å². The Bertz CT molecular complexity index is 450. The molecule has 4 atom stereocenters. The number of hydrogen-bond acceptors (Lipinski definition) is 4. The summed E-state index contributed by atoms with van der Waals surface area (Å²) in [7, 11) is 3.27. The SMILES string of the molecule is CN=C(NCCN1CC(C)CC(C)C1)N1CC(C)C(C(=O)OC)C1.I. The monoisotopic (exact) mass is 466 g/mol. The predicted octanol–water partition coefficient (Wildman–Crippen LogP) is 1.90. The van der Waals surface area contributed by atoms with Crippen LogP contribution in [0.4, 0.5) is 0 Å². The minimum Gasteiger partial charge on any atom is -0.469 e. The molecule has 2 fully saturated rings. The molecular weight excluding hydrogens is 431 g/mol. The van der Waals surface area contributed by atoms with Gasteiger partial charge >= 0.3 is 5.97 Å². The van der Waals surface area contributed by atoms with E-state index in [-0.39, 0.29) is 35.9 Å². The maximum atomic E-state index is 11.8. The lowest BCUT2D eigenvalue weighted by atomic mass is 9.92. The molecule has 2 heterocycles. The molecule has 2 rings (SSSR count). The van der Waals surface area contributed by atoms with Gasteiger partial charge in [0.25, 0.3) is 0 Å². The summed E-state index contributed by atoms with van der Waals surface area (Å²) in [6, 6.07) is 0. The minimum absolute atomic E-state index is 0. The summed E-state index contributed by atoms with van der Waals surface area (Å²) in [5.41, 5.74) is 0. The number of piperidine rings is 1. The number of hydrogen-bond donors (Lipinski definition) is 1. The number of rotatable bonds is 4. The van der Waals surface area contributed by atoms with Crippen LogP contribution >= 0.6 is 24.0 Å². The first-order valence-corrected chi connectivity index (χ1v) is 9.20. The van der Waals surface area contributed by atoms with E-state index in [4.69, 9.17) is 4.74 Å². The van der Waals surface area contributed by atoms with Gasteiger partial charge in [-0.05, 0) is 24.2 Å². The Balaban J connectivity index is 0.00000312. The molecule has 0 aromatic heterocycles. The average molecular weight is 466 g/mol. The van der Waals surface area contributed by atoms with Crippen LogP contribution in [0.1, 0.15) is 27.2 Å². The number of carbonyl (C=O) groups is 1. The number of nitrogens with zero attached hydrogens (tertiary/aromatic N) is 3. The van der Waals surface area contributed by atoms with E-state index in [2.05, 4.69) is 40.9 Å². The van der Waals surface area contributed by atoms with E-state index in [1.54, 1.807) is 0 Å². The summed E-state index contributed by atoms with van der Waals surface area (Å²) in [4.78, 5) is 21.0. The summed E-state index contributed by atoms with van der Waals surface area (Å²) >= 11 is 0. The molecule has 4 unspecified atom stereocenters. The molecule has 2 aliphatic heterocycles. The van der Waals surface area contributed by atoms with Crippen LogP contribution in [0.3, 0.4) is 0 Å². The summed E-state index contributed by atoms with van der Waals surface area (Å²) in [5, 5.41) is 3.47. The molecule has 0 aromatic rings. The van der Waals surface area contributed by atoms with Crippen LogP contribution in [0, 0.1) is 23.7 Å². The largest absolute Gasteiger partial charge is 0.469 e. The van der Waals surface area contributed by atoms with Gasteiger partial charge in [-0.2, -0.15) is 0 Å². The van der Waals surface area contributed by atoms with Crippen molar-refractivity contribution in [3.63, 3.8) is 0 Å². The molecule has 1 N–H and O–H groups in total. The van der Waals surface area contributed by atoms with Gasteiger partial charge in [0, 0.05) is 46.3 Å². The van der Waals surface area contributed by atoms with Crippen LogP contribution in [-0.2, 0) is 9.53 Å². The van der Waals surface area contributed by atoms with E-state index < -0.39 is 0 Å². The van der Waals surface area contributed by atoms with Gasteiger partial charge in [0.05, 0.1) is 13.0 Å². The van der Waals surface area contributed by atoms with Crippen molar-refractivity contribution in [2.45, 2.75) is 27.2 Å². The molecule has 2 saturated heterocycles. The maximum absolute atomic E-state index is 11.8. The highest BCUT2D eigenvalue weighted by molar-refractivity contribution is 14.0. The summed E-state index contributed by atoms with van der Waals surface area (Å²) in [6.07, 6.45) is 1.34. The van der Waals surface area contributed by atoms with E-state index in [1.165, 1.54) is 26.6 Å². The van der Waals surface area contributed by atoms with Crippen LogP contribution in [0.15, 0.2) is 4.99 Å². The van der Waals surface area contributed by atoms with Crippen molar-refractivity contribution in [3.8, 4) is 0 Å². The van der Waals surface area contributed by atoms with Crippen molar-refractivity contribution in [2.24, 2.45) is 28.7 Å². The van der Waals surface area contributed by atoms with E-state index in [0.717, 1.165) is 37.4 Å². The van der Waals surface area contributed by atoms with Crippen molar-refractivity contribution in [3.05, 3.63) is 0 Å². The first kappa shape index (κ1) is 22.5. The minimum atomic E-state index is -0.114. The molecular formula is C18H35IN4O2. The van der Waals surface area contributed by atoms with Gasteiger partial charge < -0.3 is 19.9 Å². The molecule has 7 heteroatoms. The number of ether oxygens (including phenoxy) is 1. The number of halogens is 1.